The molecule has 0 aromatic carbocycles. The molecule has 0 aliphatic heterocycles. The average molecular weight is 304 g/mol. The molecule has 1 aromatic heterocycles. The topological polar surface area (TPSA) is 56.1 Å². The lowest BCUT2D eigenvalue weighted by atomic mass is 10.4. The van der Waals surface area contributed by atoms with Crippen LogP contribution in [0.5, 0.6) is 0 Å². The Labute approximate surface area is 109 Å². The molecule has 1 aromatic rings. The van der Waals surface area contributed by atoms with Crippen LogP contribution in [-0.4, -0.2) is 30.0 Å². The number of halogens is 1. The summed E-state index contributed by atoms with van der Waals surface area (Å²) in [6, 6.07) is 0. The van der Waals surface area contributed by atoms with Crippen LogP contribution in [0.3, 0.4) is 0 Å². The summed E-state index contributed by atoms with van der Waals surface area (Å²) in [5, 5.41) is 7.26. The van der Waals surface area contributed by atoms with Crippen LogP contribution in [-0.2, 0) is 11.3 Å². The van der Waals surface area contributed by atoms with Gasteiger partial charge in [0.2, 0.25) is 0 Å². The van der Waals surface area contributed by atoms with E-state index >= 15 is 0 Å². The van der Waals surface area contributed by atoms with Gasteiger partial charge in [0.15, 0.2) is 0 Å². The van der Waals surface area contributed by atoms with Gasteiger partial charge in [0.05, 0.1) is 11.9 Å². The minimum Gasteiger partial charge on any atom is -0.385 e. The highest BCUT2D eigenvalue weighted by atomic mass is 79.9. The largest absolute Gasteiger partial charge is 0.385 e. The smallest absolute Gasteiger partial charge is 0.283 e. The third-order valence-electron chi connectivity index (χ3n) is 2.26. The Kier molecular flexibility index (Phi) is 6.21. The number of hydrogen-bond donors (Lipinski definition) is 1. The normalized spacial score (nSPS) is 10.5. The van der Waals surface area contributed by atoms with E-state index in [1.807, 2.05) is 6.92 Å². The summed E-state index contributed by atoms with van der Waals surface area (Å²) < 4.78 is 6.95. The molecule has 0 saturated heterocycles. The number of rotatable bonds is 7. The minimum atomic E-state index is -0.0939. The first-order chi connectivity index (χ1) is 8.20. The Bertz CT molecular complexity index is 406. The fourth-order valence-electron chi connectivity index (χ4n) is 1.40. The van der Waals surface area contributed by atoms with Gasteiger partial charge in [0.25, 0.3) is 5.56 Å². The van der Waals surface area contributed by atoms with Gasteiger partial charge < -0.3 is 10.1 Å². The van der Waals surface area contributed by atoms with E-state index in [9.17, 15) is 4.79 Å². The molecule has 1 N–H and O–H groups in total. The summed E-state index contributed by atoms with van der Waals surface area (Å²) in [5.74, 6) is 0. The lowest BCUT2D eigenvalue weighted by molar-refractivity contribution is 0.198. The number of ether oxygens (including phenoxy) is 1. The molecule has 1 rings (SSSR count). The van der Waals surface area contributed by atoms with Crippen LogP contribution < -0.4 is 10.9 Å². The van der Waals surface area contributed by atoms with Gasteiger partial charge in [-0.3, -0.25) is 4.79 Å². The van der Waals surface area contributed by atoms with Crippen molar-refractivity contribution < 1.29 is 4.74 Å². The van der Waals surface area contributed by atoms with E-state index in [-0.39, 0.29) is 5.56 Å². The van der Waals surface area contributed by atoms with Gasteiger partial charge in [0, 0.05) is 26.8 Å². The first kappa shape index (κ1) is 14.2. The predicted octanol–water partition coefficient (Wildman–Crippen LogP) is 1.86. The van der Waals surface area contributed by atoms with Crippen molar-refractivity contribution in [1.82, 2.24) is 9.78 Å². The molecule has 96 valence electrons. The fourth-order valence-corrected chi connectivity index (χ4v) is 1.85. The summed E-state index contributed by atoms with van der Waals surface area (Å²) >= 11 is 3.30. The number of aromatic nitrogens is 2. The zero-order valence-corrected chi connectivity index (χ0v) is 11.8. The minimum absolute atomic E-state index is 0.0939. The van der Waals surface area contributed by atoms with Gasteiger partial charge >= 0.3 is 0 Å². The molecule has 0 atom stereocenters. The van der Waals surface area contributed by atoms with E-state index in [0.29, 0.717) is 17.6 Å². The van der Waals surface area contributed by atoms with Crippen molar-refractivity contribution in [3.63, 3.8) is 0 Å². The molecule has 0 unspecified atom stereocenters. The number of anilines is 1. The zero-order chi connectivity index (χ0) is 12.7. The summed E-state index contributed by atoms with van der Waals surface area (Å²) in [4.78, 5) is 11.9. The van der Waals surface area contributed by atoms with Crippen molar-refractivity contribution in [3.05, 3.63) is 21.0 Å². The second-order valence-electron chi connectivity index (χ2n) is 3.67. The third kappa shape index (κ3) is 4.12. The maximum Gasteiger partial charge on any atom is 0.283 e. The summed E-state index contributed by atoms with van der Waals surface area (Å²) in [7, 11) is 1.67. The number of hydrogen-bond acceptors (Lipinski definition) is 4. The molecule has 0 aliphatic carbocycles. The fraction of sp³-hybridized carbons (Fsp3) is 0.636. The maximum atomic E-state index is 11.9. The lowest BCUT2D eigenvalue weighted by Crippen LogP contribution is -2.24. The summed E-state index contributed by atoms with van der Waals surface area (Å²) in [6.45, 7) is 4.11. The van der Waals surface area contributed by atoms with Crippen molar-refractivity contribution >= 4 is 21.6 Å². The molecule has 0 radical (unpaired) electrons. The zero-order valence-electron chi connectivity index (χ0n) is 10.2. The van der Waals surface area contributed by atoms with Crippen LogP contribution >= 0.6 is 15.9 Å². The van der Waals surface area contributed by atoms with Crippen molar-refractivity contribution in [2.45, 2.75) is 26.3 Å². The Morgan fingerprint density at radius 1 is 1.59 bits per heavy atom. The highest BCUT2D eigenvalue weighted by Gasteiger charge is 2.07. The number of nitrogens with one attached hydrogen (secondary N) is 1. The van der Waals surface area contributed by atoms with Crippen LogP contribution in [0.2, 0.25) is 0 Å². The molecular weight excluding hydrogens is 286 g/mol. The Balaban J connectivity index is 2.68. The first-order valence-electron chi connectivity index (χ1n) is 5.69. The maximum absolute atomic E-state index is 11.9. The average Bonchev–Trinajstić information content (AvgIpc) is 2.33. The highest BCUT2D eigenvalue weighted by molar-refractivity contribution is 9.10. The second kappa shape index (κ2) is 7.45. The van der Waals surface area contributed by atoms with E-state index in [2.05, 4.69) is 26.3 Å². The third-order valence-corrected chi connectivity index (χ3v) is 3.03. The number of nitrogens with zero attached hydrogens (tertiary/aromatic N) is 2. The van der Waals surface area contributed by atoms with Crippen molar-refractivity contribution in [3.8, 4) is 0 Å². The van der Waals surface area contributed by atoms with Crippen molar-refractivity contribution in [2.75, 3.05) is 25.6 Å². The van der Waals surface area contributed by atoms with Crippen molar-refractivity contribution in [2.24, 2.45) is 0 Å². The molecule has 5 nitrogen and oxygen atoms in total. The Morgan fingerprint density at radius 3 is 3.00 bits per heavy atom. The van der Waals surface area contributed by atoms with Gasteiger partial charge in [0.1, 0.15) is 4.47 Å². The van der Waals surface area contributed by atoms with Crippen molar-refractivity contribution in [1.29, 1.82) is 0 Å². The number of aryl methyl sites for hydroxylation is 1. The van der Waals surface area contributed by atoms with Crippen LogP contribution in [0.25, 0.3) is 0 Å². The summed E-state index contributed by atoms with van der Waals surface area (Å²) in [5.41, 5.74) is 0.641. The Hall–Kier alpha value is -0.880. The molecule has 0 spiro atoms. The van der Waals surface area contributed by atoms with Gasteiger partial charge in [-0.05, 0) is 28.8 Å². The summed E-state index contributed by atoms with van der Waals surface area (Å²) in [6.07, 6.45) is 3.45. The van der Waals surface area contributed by atoms with Crippen LogP contribution in [0.15, 0.2) is 15.5 Å². The standard InChI is InChI=1S/C11H18BrN3O2/c1-3-6-15-11(16)10(12)9(8-14-15)13-5-4-7-17-2/h8,13H,3-7H2,1-2H3. The van der Waals surface area contributed by atoms with Crippen LogP contribution in [0.4, 0.5) is 5.69 Å². The Morgan fingerprint density at radius 2 is 2.35 bits per heavy atom. The molecule has 0 aliphatic rings. The van der Waals surface area contributed by atoms with Gasteiger partial charge in [-0.1, -0.05) is 6.92 Å². The van der Waals surface area contributed by atoms with E-state index in [4.69, 9.17) is 4.74 Å². The molecule has 0 amide bonds. The first-order valence-corrected chi connectivity index (χ1v) is 6.48. The van der Waals surface area contributed by atoms with E-state index in [1.54, 1.807) is 13.3 Å². The molecule has 0 bridgehead atoms. The van der Waals surface area contributed by atoms with E-state index in [0.717, 1.165) is 25.1 Å². The highest BCUT2D eigenvalue weighted by Crippen LogP contribution is 2.15. The molecule has 17 heavy (non-hydrogen) atoms. The number of methoxy groups -OCH3 is 1. The van der Waals surface area contributed by atoms with Gasteiger partial charge in [-0.2, -0.15) is 5.10 Å². The van der Waals surface area contributed by atoms with Gasteiger partial charge in [-0.15, -0.1) is 0 Å². The lowest BCUT2D eigenvalue weighted by Gasteiger charge is -2.09. The van der Waals surface area contributed by atoms with E-state index < -0.39 is 0 Å². The SMILES string of the molecule is CCCn1ncc(NCCCOC)c(Br)c1=O. The molecular formula is C11H18BrN3O2. The van der Waals surface area contributed by atoms with Crippen LogP contribution in [0.1, 0.15) is 19.8 Å². The van der Waals surface area contributed by atoms with Gasteiger partial charge in [-0.25, -0.2) is 4.68 Å². The van der Waals surface area contributed by atoms with E-state index in [1.165, 1.54) is 4.68 Å². The molecule has 1 heterocycles. The predicted molar refractivity (Wildman–Crippen MR) is 71.5 cm³/mol. The molecule has 0 saturated carbocycles. The molecule has 6 heteroatoms. The molecule has 0 fully saturated rings. The second-order valence-corrected chi connectivity index (χ2v) is 4.47. The van der Waals surface area contributed by atoms with Crippen LogP contribution in [0, 0.1) is 0 Å². The monoisotopic (exact) mass is 303 g/mol. The quantitative estimate of drug-likeness (QED) is 0.781.